The van der Waals surface area contributed by atoms with Crippen molar-refractivity contribution in [1.82, 2.24) is 0 Å². The second-order valence-electron chi connectivity index (χ2n) is 4.16. The van der Waals surface area contributed by atoms with Gasteiger partial charge in [0.15, 0.2) is 0 Å². The molecule has 0 amide bonds. The van der Waals surface area contributed by atoms with Gasteiger partial charge in [-0.05, 0) is 37.2 Å². The fourth-order valence-corrected chi connectivity index (χ4v) is 2.31. The van der Waals surface area contributed by atoms with Gasteiger partial charge in [-0.3, -0.25) is 0 Å². The molecule has 1 saturated carbocycles. The molecule has 1 heteroatoms. The summed E-state index contributed by atoms with van der Waals surface area (Å²) in [6.07, 6.45) is 5.62. The van der Waals surface area contributed by atoms with E-state index in [1.54, 1.807) is 0 Å². The summed E-state index contributed by atoms with van der Waals surface area (Å²) in [6.45, 7) is 0. The molecular formula is C13H16O. The van der Waals surface area contributed by atoms with Crippen molar-refractivity contribution in [2.75, 3.05) is 0 Å². The fraction of sp³-hybridized carbons (Fsp3) is 0.462. The van der Waals surface area contributed by atoms with Crippen LogP contribution in [0.3, 0.4) is 0 Å². The monoisotopic (exact) mass is 188 g/mol. The Morgan fingerprint density at radius 3 is 2.21 bits per heavy atom. The van der Waals surface area contributed by atoms with Gasteiger partial charge in [-0.15, -0.1) is 0 Å². The van der Waals surface area contributed by atoms with E-state index in [-0.39, 0.29) is 0 Å². The highest BCUT2D eigenvalue weighted by Crippen LogP contribution is 2.34. The van der Waals surface area contributed by atoms with Crippen molar-refractivity contribution >= 4 is 6.29 Å². The highest BCUT2D eigenvalue weighted by atomic mass is 16.1. The molecule has 1 aromatic rings. The smallest absolute Gasteiger partial charge is 0.123 e. The summed E-state index contributed by atoms with van der Waals surface area (Å²) in [6, 6.07) is 10.7. The Labute approximate surface area is 85.1 Å². The van der Waals surface area contributed by atoms with Crippen LogP contribution < -0.4 is 0 Å². The van der Waals surface area contributed by atoms with Crippen molar-refractivity contribution in [2.24, 2.45) is 5.92 Å². The third-order valence-corrected chi connectivity index (χ3v) is 3.24. The van der Waals surface area contributed by atoms with Crippen LogP contribution >= 0.6 is 0 Å². The lowest BCUT2D eigenvalue weighted by Crippen LogP contribution is -2.13. The Balaban J connectivity index is 1.99. The second-order valence-corrected chi connectivity index (χ2v) is 4.16. The van der Waals surface area contributed by atoms with Gasteiger partial charge in [0.25, 0.3) is 0 Å². The van der Waals surface area contributed by atoms with Crippen molar-refractivity contribution < 1.29 is 4.79 Å². The summed E-state index contributed by atoms with van der Waals surface area (Å²) < 4.78 is 0. The molecule has 0 aromatic heterocycles. The lowest BCUT2D eigenvalue weighted by molar-refractivity contribution is -0.111. The van der Waals surface area contributed by atoms with E-state index in [0.717, 1.165) is 19.1 Å². The molecular weight excluding hydrogens is 172 g/mol. The number of carbonyl (C=O) groups excluding carboxylic acids is 1. The van der Waals surface area contributed by atoms with E-state index in [1.165, 1.54) is 18.4 Å². The number of hydrogen-bond acceptors (Lipinski definition) is 1. The topological polar surface area (TPSA) is 17.1 Å². The van der Waals surface area contributed by atoms with Crippen molar-refractivity contribution in [3.8, 4) is 0 Å². The quantitative estimate of drug-likeness (QED) is 0.651. The summed E-state index contributed by atoms with van der Waals surface area (Å²) in [7, 11) is 0. The highest BCUT2D eigenvalue weighted by Gasteiger charge is 2.21. The van der Waals surface area contributed by atoms with Gasteiger partial charge in [-0.2, -0.15) is 0 Å². The van der Waals surface area contributed by atoms with Gasteiger partial charge in [0.1, 0.15) is 6.29 Å². The predicted molar refractivity (Wildman–Crippen MR) is 57.2 cm³/mol. The van der Waals surface area contributed by atoms with E-state index in [0.29, 0.717) is 11.8 Å². The van der Waals surface area contributed by atoms with E-state index < -0.39 is 0 Å². The molecule has 0 aliphatic heterocycles. The summed E-state index contributed by atoms with van der Waals surface area (Å²) in [5.74, 6) is 1.02. The lowest BCUT2D eigenvalue weighted by Gasteiger charge is -2.25. The van der Waals surface area contributed by atoms with Crippen LogP contribution in [-0.2, 0) is 4.79 Å². The Morgan fingerprint density at radius 1 is 1.00 bits per heavy atom. The lowest BCUT2D eigenvalue weighted by atomic mass is 9.79. The number of carbonyl (C=O) groups is 1. The second kappa shape index (κ2) is 4.41. The van der Waals surface area contributed by atoms with Gasteiger partial charge in [-0.25, -0.2) is 0 Å². The van der Waals surface area contributed by atoms with Crippen molar-refractivity contribution in [3.63, 3.8) is 0 Å². The molecule has 1 aromatic carbocycles. The summed E-state index contributed by atoms with van der Waals surface area (Å²) in [5.41, 5.74) is 1.44. The predicted octanol–water partition coefficient (Wildman–Crippen LogP) is 3.16. The normalized spacial score (nSPS) is 27.1. The van der Waals surface area contributed by atoms with Crippen LogP contribution in [0, 0.1) is 5.92 Å². The molecule has 1 nitrogen and oxygen atoms in total. The minimum Gasteiger partial charge on any atom is -0.303 e. The third-order valence-electron chi connectivity index (χ3n) is 3.24. The molecule has 74 valence electrons. The van der Waals surface area contributed by atoms with Crippen LogP contribution in [-0.4, -0.2) is 6.29 Å². The molecule has 1 aliphatic rings. The zero-order chi connectivity index (χ0) is 9.80. The first kappa shape index (κ1) is 9.45. The van der Waals surface area contributed by atoms with E-state index in [2.05, 4.69) is 30.3 Å². The van der Waals surface area contributed by atoms with E-state index in [9.17, 15) is 4.79 Å². The van der Waals surface area contributed by atoms with Crippen LogP contribution in [0.15, 0.2) is 30.3 Å². The molecule has 0 spiro atoms. The molecule has 0 heterocycles. The van der Waals surface area contributed by atoms with E-state index in [4.69, 9.17) is 0 Å². The van der Waals surface area contributed by atoms with Gasteiger partial charge in [0, 0.05) is 5.92 Å². The van der Waals surface area contributed by atoms with Gasteiger partial charge in [0.05, 0.1) is 0 Å². The molecule has 14 heavy (non-hydrogen) atoms. The number of benzene rings is 1. The molecule has 2 rings (SSSR count). The average molecular weight is 188 g/mol. The molecule has 0 bridgehead atoms. The van der Waals surface area contributed by atoms with Gasteiger partial charge < -0.3 is 4.79 Å². The van der Waals surface area contributed by atoms with Crippen LogP contribution in [0.1, 0.15) is 37.2 Å². The molecule has 1 aliphatic carbocycles. The molecule has 0 radical (unpaired) electrons. The first-order valence-corrected chi connectivity index (χ1v) is 5.40. The molecule has 0 atom stereocenters. The van der Waals surface area contributed by atoms with Crippen LogP contribution in [0.2, 0.25) is 0 Å². The van der Waals surface area contributed by atoms with Gasteiger partial charge in [0.2, 0.25) is 0 Å². The molecule has 0 unspecified atom stereocenters. The largest absolute Gasteiger partial charge is 0.303 e. The van der Waals surface area contributed by atoms with Crippen molar-refractivity contribution in [2.45, 2.75) is 31.6 Å². The van der Waals surface area contributed by atoms with E-state index in [1.807, 2.05) is 0 Å². The standard InChI is InChI=1S/C13H16O/c14-10-11-6-8-13(9-7-11)12-4-2-1-3-5-12/h1-5,10-11,13H,6-9H2. The molecule has 0 N–H and O–H groups in total. The first-order chi connectivity index (χ1) is 6.90. The maximum atomic E-state index is 10.6. The number of aldehydes is 1. The molecule has 1 fully saturated rings. The summed E-state index contributed by atoms with van der Waals surface area (Å²) in [4.78, 5) is 10.6. The van der Waals surface area contributed by atoms with Crippen molar-refractivity contribution in [1.29, 1.82) is 0 Å². The maximum Gasteiger partial charge on any atom is 0.123 e. The van der Waals surface area contributed by atoms with Crippen molar-refractivity contribution in [3.05, 3.63) is 35.9 Å². The summed E-state index contributed by atoms with van der Waals surface area (Å²) in [5, 5.41) is 0. The zero-order valence-electron chi connectivity index (χ0n) is 8.36. The number of rotatable bonds is 2. The fourth-order valence-electron chi connectivity index (χ4n) is 2.31. The average Bonchev–Trinajstić information content (AvgIpc) is 2.30. The SMILES string of the molecule is O=CC1CCC(c2ccccc2)CC1. The summed E-state index contributed by atoms with van der Waals surface area (Å²) >= 11 is 0. The Hall–Kier alpha value is -1.11. The third kappa shape index (κ3) is 2.03. The maximum absolute atomic E-state index is 10.6. The minimum absolute atomic E-state index is 0.329. The van der Waals surface area contributed by atoms with E-state index >= 15 is 0 Å². The Morgan fingerprint density at radius 2 is 1.64 bits per heavy atom. The highest BCUT2D eigenvalue weighted by molar-refractivity contribution is 5.53. The van der Waals surface area contributed by atoms with Gasteiger partial charge in [-0.1, -0.05) is 30.3 Å². The number of hydrogen-bond donors (Lipinski definition) is 0. The zero-order valence-corrected chi connectivity index (χ0v) is 8.36. The van der Waals surface area contributed by atoms with Gasteiger partial charge >= 0.3 is 0 Å². The first-order valence-electron chi connectivity index (χ1n) is 5.40. The molecule has 0 saturated heterocycles. The minimum atomic E-state index is 0.329. The van der Waals surface area contributed by atoms with Crippen LogP contribution in [0.4, 0.5) is 0 Å². The van der Waals surface area contributed by atoms with Crippen LogP contribution in [0.25, 0.3) is 0 Å². The van der Waals surface area contributed by atoms with Crippen LogP contribution in [0.5, 0.6) is 0 Å². The Bertz CT molecular complexity index is 283. The Kier molecular flexibility index (Phi) is 2.97.